The predicted molar refractivity (Wildman–Crippen MR) is 122 cm³/mol. The molecule has 1 amide bonds. The fourth-order valence-electron chi connectivity index (χ4n) is 3.75. The standard InChI is InChI=1S/C24H24BrN3O/c25-23-9-6-18(7-10-23)17-28-13-11-21(12-14-28)24(29)27-26-16-19-5-8-20-3-1-2-4-22(20)15-19/h1-10,15-16,21H,11-14,17H2,(H,27,29)/b26-16-. The third-order valence-corrected chi connectivity index (χ3v) is 5.97. The molecule has 1 N–H and O–H groups in total. The van der Waals surface area contributed by atoms with Gasteiger partial charge in [0.05, 0.1) is 6.21 Å². The number of likely N-dealkylation sites (tertiary alicyclic amines) is 1. The van der Waals surface area contributed by atoms with E-state index in [4.69, 9.17) is 0 Å². The largest absolute Gasteiger partial charge is 0.299 e. The third-order valence-electron chi connectivity index (χ3n) is 5.44. The summed E-state index contributed by atoms with van der Waals surface area (Å²) in [6.45, 7) is 2.80. The molecule has 1 fully saturated rings. The van der Waals surface area contributed by atoms with Crippen molar-refractivity contribution in [3.05, 3.63) is 82.3 Å². The number of fused-ring (bicyclic) bond motifs is 1. The molecule has 0 saturated carbocycles. The van der Waals surface area contributed by atoms with E-state index in [0.717, 1.165) is 42.5 Å². The molecule has 1 aliphatic rings. The summed E-state index contributed by atoms with van der Waals surface area (Å²) in [6, 6.07) is 22.8. The van der Waals surface area contributed by atoms with Crippen LogP contribution in [0.4, 0.5) is 0 Å². The van der Waals surface area contributed by atoms with Gasteiger partial charge in [-0.2, -0.15) is 5.10 Å². The van der Waals surface area contributed by atoms with Crippen molar-refractivity contribution in [2.75, 3.05) is 13.1 Å². The van der Waals surface area contributed by atoms with Crippen molar-refractivity contribution in [3.8, 4) is 0 Å². The first-order chi connectivity index (χ1) is 14.2. The van der Waals surface area contributed by atoms with Crippen LogP contribution in [0.2, 0.25) is 0 Å². The summed E-state index contributed by atoms with van der Waals surface area (Å²) in [5.74, 6) is 0.0512. The van der Waals surface area contributed by atoms with Gasteiger partial charge in [-0.05, 0) is 66.0 Å². The smallest absolute Gasteiger partial charge is 0.243 e. The van der Waals surface area contributed by atoms with Gasteiger partial charge in [0.2, 0.25) is 5.91 Å². The van der Waals surface area contributed by atoms with Crippen LogP contribution in [0.5, 0.6) is 0 Å². The molecular weight excluding hydrogens is 426 g/mol. The summed E-state index contributed by atoms with van der Waals surface area (Å²) < 4.78 is 1.10. The Morgan fingerprint density at radius 1 is 1.03 bits per heavy atom. The van der Waals surface area contributed by atoms with Gasteiger partial charge in [-0.15, -0.1) is 0 Å². The number of nitrogens with zero attached hydrogens (tertiary/aromatic N) is 2. The van der Waals surface area contributed by atoms with Crippen LogP contribution < -0.4 is 5.43 Å². The Balaban J connectivity index is 1.26. The van der Waals surface area contributed by atoms with Crippen molar-refractivity contribution < 1.29 is 4.79 Å². The maximum Gasteiger partial charge on any atom is 0.243 e. The van der Waals surface area contributed by atoms with E-state index in [2.05, 4.69) is 79.9 Å². The van der Waals surface area contributed by atoms with Crippen molar-refractivity contribution >= 4 is 38.8 Å². The number of benzene rings is 3. The molecule has 0 aromatic heterocycles. The van der Waals surface area contributed by atoms with Crippen LogP contribution in [-0.4, -0.2) is 30.1 Å². The molecule has 0 unspecified atom stereocenters. The summed E-state index contributed by atoms with van der Waals surface area (Å²) in [6.07, 6.45) is 3.45. The van der Waals surface area contributed by atoms with E-state index in [9.17, 15) is 4.79 Å². The van der Waals surface area contributed by atoms with Crippen LogP contribution in [0.15, 0.2) is 76.3 Å². The van der Waals surface area contributed by atoms with Crippen molar-refractivity contribution in [2.24, 2.45) is 11.0 Å². The topological polar surface area (TPSA) is 44.7 Å². The molecule has 1 aliphatic heterocycles. The molecule has 5 heteroatoms. The van der Waals surface area contributed by atoms with Crippen molar-refractivity contribution in [1.29, 1.82) is 0 Å². The van der Waals surface area contributed by atoms with Crippen LogP contribution in [-0.2, 0) is 11.3 Å². The number of halogens is 1. The maximum atomic E-state index is 12.5. The molecule has 4 rings (SSSR count). The third kappa shape index (κ3) is 5.31. The Morgan fingerprint density at radius 2 is 1.76 bits per heavy atom. The number of hydrogen-bond acceptors (Lipinski definition) is 3. The number of carbonyl (C=O) groups is 1. The van der Waals surface area contributed by atoms with Gasteiger partial charge < -0.3 is 0 Å². The van der Waals surface area contributed by atoms with E-state index in [-0.39, 0.29) is 11.8 Å². The number of amides is 1. The van der Waals surface area contributed by atoms with Gasteiger partial charge in [-0.3, -0.25) is 9.69 Å². The van der Waals surface area contributed by atoms with Crippen molar-refractivity contribution in [1.82, 2.24) is 10.3 Å². The Hall–Kier alpha value is -2.50. The maximum absolute atomic E-state index is 12.5. The highest BCUT2D eigenvalue weighted by Crippen LogP contribution is 2.20. The van der Waals surface area contributed by atoms with Crippen LogP contribution in [0.3, 0.4) is 0 Å². The first kappa shape index (κ1) is 19.8. The van der Waals surface area contributed by atoms with Crippen LogP contribution in [0.25, 0.3) is 10.8 Å². The first-order valence-corrected chi connectivity index (χ1v) is 10.8. The van der Waals surface area contributed by atoms with E-state index >= 15 is 0 Å². The van der Waals surface area contributed by atoms with Gasteiger partial charge in [-0.25, -0.2) is 5.43 Å². The molecule has 1 saturated heterocycles. The quantitative estimate of drug-likeness (QED) is 0.441. The fraction of sp³-hybridized carbons (Fsp3) is 0.250. The summed E-state index contributed by atoms with van der Waals surface area (Å²) in [5, 5.41) is 6.54. The molecule has 0 atom stereocenters. The summed E-state index contributed by atoms with van der Waals surface area (Å²) in [7, 11) is 0. The van der Waals surface area contributed by atoms with Crippen LogP contribution in [0.1, 0.15) is 24.0 Å². The van der Waals surface area contributed by atoms with E-state index in [1.807, 2.05) is 18.2 Å². The average molecular weight is 450 g/mol. The molecule has 0 bridgehead atoms. The molecule has 29 heavy (non-hydrogen) atoms. The summed E-state index contributed by atoms with van der Waals surface area (Å²) >= 11 is 3.47. The van der Waals surface area contributed by atoms with Gasteiger partial charge >= 0.3 is 0 Å². The molecule has 3 aromatic carbocycles. The lowest BCUT2D eigenvalue weighted by molar-refractivity contribution is -0.126. The molecule has 0 radical (unpaired) electrons. The average Bonchev–Trinajstić information content (AvgIpc) is 2.76. The van der Waals surface area contributed by atoms with E-state index in [1.165, 1.54) is 16.3 Å². The van der Waals surface area contributed by atoms with Gasteiger partial charge in [0.25, 0.3) is 0 Å². The Labute approximate surface area is 179 Å². The number of rotatable bonds is 5. The van der Waals surface area contributed by atoms with Crippen molar-refractivity contribution in [3.63, 3.8) is 0 Å². The summed E-state index contributed by atoms with van der Waals surface area (Å²) in [4.78, 5) is 14.9. The van der Waals surface area contributed by atoms with Gasteiger partial charge in [0.1, 0.15) is 0 Å². The predicted octanol–water partition coefficient (Wildman–Crippen LogP) is 4.96. The molecule has 4 nitrogen and oxygen atoms in total. The molecular formula is C24H24BrN3O. The minimum absolute atomic E-state index is 0.0188. The van der Waals surface area contributed by atoms with Crippen LogP contribution in [0, 0.1) is 5.92 Å². The monoisotopic (exact) mass is 449 g/mol. The summed E-state index contributed by atoms with van der Waals surface area (Å²) in [5.41, 5.74) is 5.01. The number of hydrogen-bond donors (Lipinski definition) is 1. The lowest BCUT2D eigenvalue weighted by atomic mass is 9.96. The van der Waals surface area contributed by atoms with Gasteiger partial charge in [0, 0.05) is 16.9 Å². The number of piperidine rings is 1. The van der Waals surface area contributed by atoms with Crippen molar-refractivity contribution in [2.45, 2.75) is 19.4 Å². The highest BCUT2D eigenvalue weighted by Gasteiger charge is 2.24. The second-order valence-electron chi connectivity index (χ2n) is 7.52. The zero-order valence-electron chi connectivity index (χ0n) is 16.2. The highest BCUT2D eigenvalue weighted by atomic mass is 79.9. The second kappa shape index (κ2) is 9.33. The molecule has 148 valence electrons. The SMILES string of the molecule is O=C(N/N=C\c1ccc2ccccc2c1)C1CCN(Cc2ccc(Br)cc2)CC1. The number of carbonyl (C=O) groups excluding carboxylic acids is 1. The van der Waals surface area contributed by atoms with Gasteiger partial charge in [-0.1, -0.05) is 64.5 Å². The zero-order valence-corrected chi connectivity index (χ0v) is 17.8. The first-order valence-electron chi connectivity index (χ1n) is 9.96. The number of nitrogens with one attached hydrogen (secondary N) is 1. The van der Waals surface area contributed by atoms with Gasteiger partial charge in [0.15, 0.2) is 0 Å². The van der Waals surface area contributed by atoms with E-state index in [1.54, 1.807) is 6.21 Å². The Kier molecular flexibility index (Phi) is 6.37. The lowest BCUT2D eigenvalue weighted by Crippen LogP contribution is -2.39. The lowest BCUT2D eigenvalue weighted by Gasteiger charge is -2.30. The highest BCUT2D eigenvalue weighted by molar-refractivity contribution is 9.10. The number of hydrazone groups is 1. The van der Waals surface area contributed by atoms with E-state index in [0.29, 0.717) is 0 Å². The minimum atomic E-state index is 0.0188. The molecule has 3 aromatic rings. The zero-order chi connectivity index (χ0) is 20.1. The second-order valence-corrected chi connectivity index (χ2v) is 8.43. The molecule has 0 aliphatic carbocycles. The minimum Gasteiger partial charge on any atom is -0.299 e. The molecule has 1 heterocycles. The normalized spacial score (nSPS) is 15.8. The molecule has 0 spiro atoms. The fourth-order valence-corrected chi connectivity index (χ4v) is 4.02. The Bertz CT molecular complexity index is 1010. The van der Waals surface area contributed by atoms with Crippen LogP contribution >= 0.6 is 15.9 Å². The van der Waals surface area contributed by atoms with E-state index < -0.39 is 0 Å². The Morgan fingerprint density at radius 3 is 2.52 bits per heavy atom.